The van der Waals surface area contributed by atoms with Crippen LogP contribution in [0.2, 0.25) is 0 Å². The molecule has 0 aromatic heterocycles. The highest BCUT2D eigenvalue weighted by atomic mass is 16.5. The Morgan fingerprint density at radius 1 is 1.30 bits per heavy atom. The molecule has 0 spiro atoms. The molecular formula is C15H21NO4. The van der Waals surface area contributed by atoms with Crippen LogP contribution >= 0.6 is 0 Å². The van der Waals surface area contributed by atoms with Crippen LogP contribution in [0.5, 0.6) is 5.75 Å². The highest BCUT2D eigenvalue weighted by molar-refractivity contribution is 5.81. The second kappa shape index (κ2) is 8.19. The van der Waals surface area contributed by atoms with Crippen molar-refractivity contribution >= 4 is 11.9 Å². The average molecular weight is 279 g/mol. The van der Waals surface area contributed by atoms with Crippen molar-refractivity contribution in [2.75, 3.05) is 0 Å². The van der Waals surface area contributed by atoms with Gasteiger partial charge in [-0.05, 0) is 31.9 Å². The van der Waals surface area contributed by atoms with E-state index >= 15 is 0 Å². The molecule has 0 fully saturated rings. The minimum atomic E-state index is -0.862. The summed E-state index contributed by atoms with van der Waals surface area (Å²) in [6.45, 7) is 3.66. The molecule has 0 heterocycles. The summed E-state index contributed by atoms with van der Waals surface area (Å²) in [7, 11) is 0. The van der Waals surface area contributed by atoms with Gasteiger partial charge in [0.25, 0.3) is 5.91 Å². The standard InChI is InChI=1S/C15H21NO4/c1-3-13(20-12-7-5-4-6-8-12)15(19)16-11(2)9-10-14(17)18/h4-8,11,13H,3,9-10H2,1-2H3,(H,16,19)(H,17,18). The Kier molecular flexibility index (Phi) is 6.56. The maximum absolute atomic E-state index is 12.1. The summed E-state index contributed by atoms with van der Waals surface area (Å²) in [5.41, 5.74) is 0. The van der Waals surface area contributed by atoms with E-state index < -0.39 is 12.1 Å². The zero-order valence-electron chi connectivity index (χ0n) is 11.8. The van der Waals surface area contributed by atoms with Crippen LogP contribution < -0.4 is 10.1 Å². The second-order valence-electron chi connectivity index (χ2n) is 4.67. The van der Waals surface area contributed by atoms with E-state index in [4.69, 9.17) is 9.84 Å². The van der Waals surface area contributed by atoms with Gasteiger partial charge in [-0.15, -0.1) is 0 Å². The third-order valence-corrected chi connectivity index (χ3v) is 2.86. The van der Waals surface area contributed by atoms with Crippen molar-refractivity contribution < 1.29 is 19.4 Å². The Bertz CT molecular complexity index is 433. The first-order valence-corrected chi connectivity index (χ1v) is 6.76. The van der Waals surface area contributed by atoms with E-state index in [1.165, 1.54) is 0 Å². The van der Waals surface area contributed by atoms with Crippen LogP contribution in [0.25, 0.3) is 0 Å². The number of carbonyl (C=O) groups is 2. The number of hydrogen-bond acceptors (Lipinski definition) is 3. The van der Waals surface area contributed by atoms with Crippen molar-refractivity contribution in [3.8, 4) is 5.75 Å². The van der Waals surface area contributed by atoms with Crippen LogP contribution in [0, 0.1) is 0 Å². The average Bonchev–Trinajstić information content (AvgIpc) is 2.43. The minimum absolute atomic E-state index is 0.0395. The highest BCUT2D eigenvalue weighted by Crippen LogP contribution is 2.12. The Morgan fingerprint density at radius 2 is 1.95 bits per heavy atom. The maximum atomic E-state index is 12.1. The smallest absolute Gasteiger partial charge is 0.303 e. The van der Waals surface area contributed by atoms with Gasteiger partial charge in [0.2, 0.25) is 0 Å². The molecular weight excluding hydrogens is 258 g/mol. The zero-order chi connectivity index (χ0) is 15.0. The second-order valence-corrected chi connectivity index (χ2v) is 4.67. The van der Waals surface area contributed by atoms with Gasteiger partial charge in [0.05, 0.1) is 0 Å². The van der Waals surface area contributed by atoms with E-state index in [-0.39, 0.29) is 18.4 Å². The first-order chi connectivity index (χ1) is 9.52. The van der Waals surface area contributed by atoms with Crippen LogP contribution in [-0.2, 0) is 9.59 Å². The molecule has 20 heavy (non-hydrogen) atoms. The van der Waals surface area contributed by atoms with Gasteiger partial charge in [0.15, 0.2) is 6.10 Å². The summed E-state index contributed by atoms with van der Waals surface area (Å²) in [5.74, 6) is -0.430. The molecule has 1 aromatic carbocycles. The number of amides is 1. The van der Waals surface area contributed by atoms with Crippen molar-refractivity contribution in [2.45, 2.75) is 45.3 Å². The third-order valence-electron chi connectivity index (χ3n) is 2.86. The SMILES string of the molecule is CCC(Oc1ccccc1)C(=O)NC(C)CCC(=O)O. The van der Waals surface area contributed by atoms with Crippen molar-refractivity contribution in [1.29, 1.82) is 0 Å². The van der Waals surface area contributed by atoms with Crippen LogP contribution in [0.3, 0.4) is 0 Å². The number of ether oxygens (including phenoxy) is 1. The molecule has 1 rings (SSSR count). The summed E-state index contributed by atoms with van der Waals surface area (Å²) in [6, 6.07) is 8.97. The number of benzene rings is 1. The maximum Gasteiger partial charge on any atom is 0.303 e. The lowest BCUT2D eigenvalue weighted by atomic mass is 10.1. The molecule has 5 heteroatoms. The molecule has 0 radical (unpaired) electrons. The monoisotopic (exact) mass is 279 g/mol. The molecule has 2 atom stereocenters. The minimum Gasteiger partial charge on any atom is -0.481 e. The lowest BCUT2D eigenvalue weighted by Gasteiger charge is -2.20. The van der Waals surface area contributed by atoms with Crippen LogP contribution in [0.15, 0.2) is 30.3 Å². The van der Waals surface area contributed by atoms with E-state index in [0.29, 0.717) is 18.6 Å². The van der Waals surface area contributed by atoms with Gasteiger partial charge >= 0.3 is 5.97 Å². The summed E-state index contributed by atoms with van der Waals surface area (Å²) in [5, 5.41) is 11.4. The molecule has 0 saturated heterocycles. The van der Waals surface area contributed by atoms with Crippen molar-refractivity contribution in [3.05, 3.63) is 30.3 Å². The predicted molar refractivity (Wildman–Crippen MR) is 75.6 cm³/mol. The number of carboxylic acid groups (broad SMARTS) is 1. The molecule has 110 valence electrons. The summed E-state index contributed by atoms with van der Waals surface area (Å²) in [6.07, 6.45) is 0.428. The fourth-order valence-electron chi connectivity index (χ4n) is 1.73. The molecule has 0 saturated carbocycles. The molecule has 2 N–H and O–H groups in total. The molecule has 0 aliphatic rings. The van der Waals surface area contributed by atoms with E-state index in [9.17, 15) is 9.59 Å². The summed E-state index contributed by atoms with van der Waals surface area (Å²) in [4.78, 5) is 22.5. The third kappa shape index (κ3) is 5.73. The first kappa shape index (κ1) is 16.0. The van der Waals surface area contributed by atoms with Crippen molar-refractivity contribution in [2.24, 2.45) is 0 Å². The fourth-order valence-corrected chi connectivity index (χ4v) is 1.73. The number of hydrogen-bond donors (Lipinski definition) is 2. The van der Waals surface area contributed by atoms with Crippen LogP contribution in [0.1, 0.15) is 33.1 Å². The van der Waals surface area contributed by atoms with E-state index in [2.05, 4.69) is 5.32 Å². The van der Waals surface area contributed by atoms with Crippen molar-refractivity contribution in [1.82, 2.24) is 5.32 Å². The van der Waals surface area contributed by atoms with Gasteiger partial charge in [-0.1, -0.05) is 25.1 Å². The molecule has 1 aromatic rings. The molecule has 1 amide bonds. The Balaban J connectivity index is 2.48. The number of para-hydroxylation sites is 1. The largest absolute Gasteiger partial charge is 0.481 e. The number of carbonyl (C=O) groups excluding carboxylic acids is 1. The lowest BCUT2D eigenvalue weighted by molar-refractivity contribution is -0.137. The Morgan fingerprint density at radius 3 is 2.50 bits per heavy atom. The lowest BCUT2D eigenvalue weighted by Crippen LogP contribution is -2.42. The number of aliphatic carboxylic acids is 1. The molecule has 0 aliphatic carbocycles. The predicted octanol–water partition coefficient (Wildman–Crippen LogP) is 2.21. The molecule has 2 unspecified atom stereocenters. The normalized spacial score (nSPS) is 13.3. The van der Waals surface area contributed by atoms with Crippen LogP contribution in [-0.4, -0.2) is 29.1 Å². The zero-order valence-corrected chi connectivity index (χ0v) is 11.8. The first-order valence-electron chi connectivity index (χ1n) is 6.76. The quantitative estimate of drug-likeness (QED) is 0.765. The molecule has 0 aliphatic heterocycles. The van der Waals surface area contributed by atoms with Gasteiger partial charge in [-0.2, -0.15) is 0 Å². The molecule has 0 bridgehead atoms. The van der Waals surface area contributed by atoms with Crippen LogP contribution in [0.4, 0.5) is 0 Å². The number of carboxylic acids is 1. The van der Waals surface area contributed by atoms with E-state index in [1.54, 1.807) is 19.1 Å². The topological polar surface area (TPSA) is 75.6 Å². The van der Waals surface area contributed by atoms with Gasteiger partial charge in [0.1, 0.15) is 5.75 Å². The van der Waals surface area contributed by atoms with E-state index in [1.807, 2.05) is 25.1 Å². The van der Waals surface area contributed by atoms with Gasteiger partial charge in [0, 0.05) is 12.5 Å². The number of nitrogens with one attached hydrogen (secondary N) is 1. The highest BCUT2D eigenvalue weighted by Gasteiger charge is 2.20. The van der Waals surface area contributed by atoms with Gasteiger partial charge in [-0.25, -0.2) is 0 Å². The Labute approximate surface area is 118 Å². The summed E-state index contributed by atoms with van der Waals surface area (Å²) >= 11 is 0. The van der Waals surface area contributed by atoms with Gasteiger partial charge in [-0.3, -0.25) is 9.59 Å². The number of rotatable bonds is 8. The van der Waals surface area contributed by atoms with E-state index in [0.717, 1.165) is 0 Å². The summed E-state index contributed by atoms with van der Waals surface area (Å²) < 4.78 is 5.62. The van der Waals surface area contributed by atoms with Gasteiger partial charge < -0.3 is 15.2 Å². The molecule has 5 nitrogen and oxygen atoms in total. The Hall–Kier alpha value is -2.04. The van der Waals surface area contributed by atoms with Crippen molar-refractivity contribution in [3.63, 3.8) is 0 Å². The fraction of sp³-hybridized carbons (Fsp3) is 0.467.